The van der Waals surface area contributed by atoms with E-state index >= 15 is 0 Å². The Morgan fingerprint density at radius 1 is 1.06 bits per heavy atom. The van der Waals surface area contributed by atoms with Gasteiger partial charge in [-0.15, -0.1) is 0 Å². The topological polar surface area (TPSA) is 29.5 Å². The van der Waals surface area contributed by atoms with E-state index in [-0.39, 0.29) is 17.6 Å². The second kappa shape index (κ2) is 5.50. The quantitative estimate of drug-likeness (QED) is 0.813. The first kappa shape index (κ1) is 14.3. The van der Waals surface area contributed by atoms with E-state index in [1.807, 2.05) is 0 Å². The zero-order valence-electron chi connectivity index (χ0n) is 12.5. The molecule has 2 rings (SSSR count). The Morgan fingerprint density at radius 3 is 2.44 bits per heavy atom. The van der Waals surface area contributed by atoms with Crippen LogP contribution >= 0.6 is 0 Å². The second-order valence-electron chi connectivity index (χ2n) is 7.39. The molecule has 2 saturated carbocycles. The minimum Gasteiger partial charge on any atom is -0.390 e. The van der Waals surface area contributed by atoms with Gasteiger partial charge in [0.15, 0.2) is 0 Å². The van der Waals surface area contributed by atoms with Crippen molar-refractivity contribution in [1.82, 2.24) is 0 Å². The van der Waals surface area contributed by atoms with Crippen molar-refractivity contribution < 1.29 is 9.84 Å². The largest absolute Gasteiger partial charge is 0.390 e. The molecule has 0 radical (unpaired) electrons. The van der Waals surface area contributed by atoms with Crippen LogP contribution in [0.15, 0.2) is 0 Å². The third-order valence-electron chi connectivity index (χ3n) is 5.38. The average molecular weight is 254 g/mol. The number of aliphatic hydroxyl groups excluding tert-OH is 1. The number of aliphatic hydroxyl groups is 1. The summed E-state index contributed by atoms with van der Waals surface area (Å²) in [5.41, 5.74) is 0.0243. The molecule has 2 aliphatic rings. The third kappa shape index (κ3) is 3.08. The summed E-state index contributed by atoms with van der Waals surface area (Å²) in [6.45, 7) is 9.01. The molecular weight excluding hydrogens is 224 g/mol. The van der Waals surface area contributed by atoms with Crippen LogP contribution in [-0.4, -0.2) is 23.4 Å². The maximum Gasteiger partial charge on any atom is 0.0852 e. The predicted molar refractivity (Wildman–Crippen MR) is 74.5 cm³/mol. The monoisotopic (exact) mass is 254 g/mol. The van der Waals surface area contributed by atoms with E-state index in [0.717, 1.165) is 24.7 Å². The smallest absolute Gasteiger partial charge is 0.0852 e. The van der Waals surface area contributed by atoms with Gasteiger partial charge in [-0.1, -0.05) is 34.1 Å². The summed E-state index contributed by atoms with van der Waals surface area (Å²) in [6, 6.07) is 0. The lowest BCUT2D eigenvalue weighted by Gasteiger charge is -2.43. The van der Waals surface area contributed by atoms with Gasteiger partial charge in [-0.3, -0.25) is 0 Å². The summed E-state index contributed by atoms with van der Waals surface area (Å²) < 4.78 is 6.25. The summed E-state index contributed by atoms with van der Waals surface area (Å²) >= 11 is 0. The zero-order valence-corrected chi connectivity index (χ0v) is 12.5. The molecule has 0 bridgehead atoms. The minimum absolute atomic E-state index is 0.0243. The van der Waals surface area contributed by atoms with Crippen molar-refractivity contribution in [2.75, 3.05) is 0 Å². The maximum atomic E-state index is 10.4. The van der Waals surface area contributed by atoms with E-state index in [9.17, 15) is 5.11 Å². The van der Waals surface area contributed by atoms with Gasteiger partial charge in [0.2, 0.25) is 0 Å². The van der Waals surface area contributed by atoms with Crippen molar-refractivity contribution in [1.29, 1.82) is 0 Å². The average Bonchev–Trinajstić information content (AvgIpc) is 2.30. The first-order valence-corrected chi connectivity index (χ1v) is 7.73. The van der Waals surface area contributed by atoms with E-state index in [4.69, 9.17) is 4.74 Å². The molecule has 0 aromatic rings. The van der Waals surface area contributed by atoms with Crippen molar-refractivity contribution in [3.63, 3.8) is 0 Å². The highest BCUT2D eigenvalue weighted by molar-refractivity contribution is 4.90. The Hall–Kier alpha value is -0.0800. The molecule has 1 N–H and O–H groups in total. The van der Waals surface area contributed by atoms with E-state index in [1.165, 1.54) is 25.7 Å². The second-order valence-corrected chi connectivity index (χ2v) is 7.39. The van der Waals surface area contributed by atoms with Crippen molar-refractivity contribution in [3.8, 4) is 0 Å². The van der Waals surface area contributed by atoms with Crippen molar-refractivity contribution >= 4 is 0 Å². The van der Waals surface area contributed by atoms with Crippen LogP contribution in [-0.2, 0) is 4.74 Å². The molecule has 5 atom stereocenters. The number of rotatable bonds is 2. The molecule has 5 unspecified atom stereocenters. The van der Waals surface area contributed by atoms with Crippen LogP contribution in [0.5, 0.6) is 0 Å². The van der Waals surface area contributed by atoms with E-state index in [1.54, 1.807) is 0 Å². The summed E-state index contributed by atoms with van der Waals surface area (Å²) in [7, 11) is 0. The number of ether oxygens (including phenoxy) is 1. The lowest BCUT2D eigenvalue weighted by molar-refractivity contribution is -0.147. The zero-order chi connectivity index (χ0) is 13.3. The SMILES string of the molecule is CC1CCC(OC2CCCC(C)(C)C2O)CC1C. The van der Waals surface area contributed by atoms with Gasteiger partial charge in [-0.05, 0) is 49.4 Å². The van der Waals surface area contributed by atoms with E-state index in [0.29, 0.717) is 6.10 Å². The minimum atomic E-state index is -0.291. The molecule has 2 nitrogen and oxygen atoms in total. The molecule has 0 aliphatic heterocycles. The first-order valence-electron chi connectivity index (χ1n) is 7.73. The van der Waals surface area contributed by atoms with Gasteiger partial charge in [-0.25, -0.2) is 0 Å². The van der Waals surface area contributed by atoms with Crippen LogP contribution in [0.1, 0.15) is 66.2 Å². The fourth-order valence-electron chi connectivity index (χ4n) is 3.58. The Labute approximate surface area is 112 Å². The maximum absolute atomic E-state index is 10.4. The molecule has 0 spiro atoms. The molecular formula is C16H30O2. The van der Waals surface area contributed by atoms with Gasteiger partial charge in [0, 0.05) is 0 Å². The van der Waals surface area contributed by atoms with Gasteiger partial charge in [0.05, 0.1) is 18.3 Å². The Kier molecular flexibility index (Phi) is 4.38. The number of hydrogen-bond donors (Lipinski definition) is 1. The van der Waals surface area contributed by atoms with Crippen LogP contribution in [0.2, 0.25) is 0 Å². The van der Waals surface area contributed by atoms with Gasteiger partial charge in [0.1, 0.15) is 0 Å². The molecule has 0 aromatic heterocycles. The van der Waals surface area contributed by atoms with Crippen LogP contribution in [0.3, 0.4) is 0 Å². The van der Waals surface area contributed by atoms with Crippen LogP contribution in [0.4, 0.5) is 0 Å². The Balaban J connectivity index is 1.89. The standard InChI is InChI=1S/C16H30O2/c1-11-7-8-13(10-12(11)2)18-14-6-5-9-16(3,4)15(14)17/h11-15,17H,5-10H2,1-4H3. The number of hydrogen-bond acceptors (Lipinski definition) is 2. The van der Waals surface area contributed by atoms with Gasteiger partial charge in [0.25, 0.3) is 0 Å². The molecule has 18 heavy (non-hydrogen) atoms. The van der Waals surface area contributed by atoms with E-state index < -0.39 is 0 Å². The summed E-state index contributed by atoms with van der Waals surface area (Å²) in [5.74, 6) is 1.59. The highest BCUT2D eigenvalue weighted by Crippen LogP contribution is 2.39. The van der Waals surface area contributed by atoms with Crippen LogP contribution in [0, 0.1) is 17.3 Å². The van der Waals surface area contributed by atoms with E-state index in [2.05, 4.69) is 27.7 Å². The third-order valence-corrected chi connectivity index (χ3v) is 5.38. The van der Waals surface area contributed by atoms with Crippen molar-refractivity contribution in [3.05, 3.63) is 0 Å². The molecule has 2 heteroatoms. The lowest BCUT2D eigenvalue weighted by atomic mass is 9.73. The molecule has 2 fully saturated rings. The normalized spacial score (nSPS) is 44.8. The summed E-state index contributed by atoms with van der Waals surface area (Å²) in [5, 5.41) is 10.4. The Bertz CT molecular complexity index is 274. The highest BCUT2D eigenvalue weighted by atomic mass is 16.5. The molecule has 106 valence electrons. The highest BCUT2D eigenvalue weighted by Gasteiger charge is 2.40. The predicted octanol–water partition coefficient (Wildman–Crippen LogP) is 3.77. The molecule has 0 saturated heterocycles. The molecule has 2 aliphatic carbocycles. The fourth-order valence-corrected chi connectivity index (χ4v) is 3.58. The molecule has 0 aromatic carbocycles. The summed E-state index contributed by atoms with van der Waals surface area (Å²) in [4.78, 5) is 0. The fraction of sp³-hybridized carbons (Fsp3) is 1.00. The van der Waals surface area contributed by atoms with Crippen LogP contribution < -0.4 is 0 Å². The molecule has 0 heterocycles. The van der Waals surface area contributed by atoms with Crippen molar-refractivity contribution in [2.24, 2.45) is 17.3 Å². The van der Waals surface area contributed by atoms with Gasteiger partial charge in [-0.2, -0.15) is 0 Å². The van der Waals surface area contributed by atoms with Crippen LogP contribution in [0.25, 0.3) is 0 Å². The first-order chi connectivity index (χ1) is 8.40. The van der Waals surface area contributed by atoms with Gasteiger partial charge >= 0.3 is 0 Å². The Morgan fingerprint density at radius 2 is 1.78 bits per heavy atom. The lowest BCUT2D eigenvalue weighted by Crippen LogP contribution is -2.46. The van der Waals surface area contributed by atoms with Crippen molar-refractivity contribution in [2.45, 2.75) is 84.5 Å². The van der Waals surface area contributed by atoms with Gasteiger partial charge < -0.3 is 9.84 Å². The summed E-state index contributed by atoms with van der Waals surface area (Å²) in [6.07, 6.45) is 7.12. The molecule has 0 amide bonds.